The van der Waals surface area contributed by atoms with Crippen molar-refractivity contribution in [1.29, 1.82) is 0 Å². The number of amides is 1. The molecule has 5 nitrogen and oxygen atoms in total. The van der Waals surface area contributed by atoms with E-state index in [1.54, 1.807) is 6.20 Å². The van der Waals surface area contributed by atoms with Gasteiger partial charge >= 0.3 is 0 Å². The summed E-state index contributed by atoms with van der Waals surface area (Å²) in [5.41, 5.74) is 6.41. The van der Waals surface area contributed by atoms with E-state index in [4.69, 9.17) is 5.73 Å². The Morgan fingerprint density at radius 3 is 3.24 bits per heavy atom. The summed E-state index contributed by atoms with van der Waals surface area (Å²) in [7, 11) is 0. The van der Waals surface area contributed by atoms with E-state index in [1.807, 2.05) is 6.07 Å². The number of nitrogens with one attached hydrogen (secondary N) is 2. The highest BCUT2D eigenvalue weighted by atomic mass is 16.2. The van der Waals surface area contributed by atoms with Crippen LogP contribution in [0.2, 0.25) is 0 Å². The minimum absolute atomic E-state index is 0.0429. The van der Waals surface area contributed by atoms with Crippen molar-refractivity contribution in [3.8, 4) is 0 Å². The summed E-state index contributed by atoms with van der Waals surface area (Å²) in [5, 5.41) is 9.53. The van der Waals surface area contributed by atoms with Gasteiger partial charge in [0.1, 0.15) is 0 Å². The first-order chi connectivity index (χ1) is 8.10. The van der Waals surface area contributed by atoms with Crippen LogP contribution in [0.15, 0.2) is 12.3 Å². The summed E-state index contributed by atoms with van der Waals surface area (Å²) in [5.74, 6) is 0.491. The van der Waals surface area contributed by atoms with Gasteiger partial charge in [-0.3, -0.25) is 9.89 Å². The molecule has 17 heavy (non-hydrogen) atoms. The van der Waals surface area contributed by atoms with Crippen LogP contribution < -0.4 is 11.1 Å². The quantitative estimate of drug-likeness (QED) is 0.730. The molecule has 1 fully saturated rings. The third-order valence-corrected chi connectivity index (χ3v) is 3.48. The van der Waals surface area contributed by atoms with E-state index in [-0.39, 0.29) is 5.91 Å². The average molecular weight is 236 g/mol. The molecule has 0 spiro atoms. The maximum absolute atomic E-state index is 12.1. The standard InChI is InChI=1S/C12H20N4O/c1-9-3-2-5-12(13,7-9)11(17)14-8-10-4-6-15-16-10/h4,6,9H,2-3,5,7-8,13H2,1H3,(H,14,17)(H,15,16). The molecule has 0 radical (unpaired) electrons. The van der Waals surface area contributed by atoms with Gasteiger partial charge in [0.25, 0.3) is 0 Å². The summed E-state index contributed by atoms with van der Waals surface area (Å²) >= 11 is 0. The van der Waals surface area contributed by atoms with Gasteiger partial charge in [-0.25, -0.2) is 0 Å². The van der Waals surface area contributed by atoms with E-state index < -0.39 is 5.54 Å². The van der Waals surface area contributed by atoms with Crippen molar-refractivity contribution < 1.29 is 4.79 Å². The van der Waals surface area contributed by atoms with Crippen molar-refractivity contribution in [3.63, 3.8) is 0 Å². The maximum Gasteiger partial charge on any atom is 0.240 e. The molecular weight excluding hydrogens is 216 g/mol. The fourth-order valence-corrected chi connectivity index (χ4v) is 2.53. The highest BCUT2D eigenvalue weighted by molar-refractivity contribution is 5.86. The molecule has 2 unspecified atom stereocenters. The van der Waals surface area contributed by atoms with Crippen molar-refractivity contribution in [2.24, 2.45) is 11.7 Å². The molecular formula is C12H20N4O. The van der Waals surface area contributed by atoms with Crippen molar-refractivity contribution in [2.75, 3.05) is 0 Å². The number of aromatic amines is 1. The molecule has 1 aromatic heterocycles. The first-order valence-corrected chi connectivity index (χ1v) is 6.15. The average Bonchev–Trinajstić information content (AvgIpc) is 2.78. The van der Waals surface area contributed by atoms with Crippen LogP contribution in [0.1, 0.15) is 38.3 Å². The van der Waals surface area contributed by atoms with E-state index in [2.05, 4.69) is 22.4 Å². The second kappa shape index (κ2) is 4.87. The zero-order chi connectivity index (χ0) is 12.3. The minimum atomic E-state index is -0.683. The Hall–Kier alpha value is -1.36. The summed E-state index contributed by atoms with van der Waals surface area (Å²) in [6.07, 6.45) is 5.44. The molecule has 5 heteroatoms. The Kier molecular flexibility index (Phi) is 3.47. The molecule has 1 aliphatic carbocycles. The lowest BCUT2D eigenvalue weighted by Gasteiger charge is -2.35. The Morgan fingerprint density at radius 2 is 2.59 bits per heavy atom. The predicted octanol–water partition coefficient (Wildman–Crippen LogP) is 0.933. The predicted molar refractivity (Wildman–Crippen MR) is 65.0 cm³/mol. The van der Waals surface area contributed by atoms with Crippen LogP contribution >= 0.6 is 0 Å². The molecule has 2 atom stereocenters. The first-order valence-electron chi connectivity index (χ1n) is 6.15. The molecule has 0 aliphatic heterocycles. The number of nitrogens with two attached hydrogens (primary N) is 1. The number of carbonyl (C=O) groups excluding carboxylic acids is 1. The van der Waals surface area contributed by atoms with Gasteiger partial charge in [-0.05, 0) is 24.8 Å². The van der Waals surface area contributed by atoms with Gasteiger partial charge < -0.3 is 11.1 Å². The van der Waals surface area contributed by atoms with Crippen LogP contribution in [-0.2, 0) is 11.3 Å². The molecule has 1 amide bonds. The Balaban J connectivity index is 1.90. The summed E-state index contributed by atoms with van der Waals surface area (Å²) < 4.78 is 0. The van der Waals surface area contributed by atoms with Gasteiger partial charge in [0, 0.05) is 6.20 Å². The van der Waals surface area contributed by atoms with Gasteiger partial charge in [-0.2, -0.15) is 5.10 Å². The molecule has 1 aliphatic rings. The van der Waals surface area contributed by atoms with Crippen molar-refractivity contribution in [2.45, 2.75) is 44.7 Å². The Morgan fingerprint density at radius 1 is 1.76 bits per heavy atom. The van der Waals surface area contributed by atoms with Crippen molar-refractivity contribution in [1.82, 2.24) is 15.5 Å². The SMILES string of the molecule is CC1CCCC(N)(C(=O)NCc2ccn[nH]2)C1. The molecule has 0 bridgehead atoms. The second-order valence-corrected chi connectivity index (χ2v) is 5.12. The van der Waals surface area contributed by atoms with E-state index in [0.29, 0.717) is 12.5 Å². The fraction of sp³-hybridized carbons (Fsp3) is 0.667. The zero-order valence-corrected chi connectivity index (χ0v) is 10.2. The summed E-state index contributed by atoms with van der Waals surface area (Å²) in [4.78, 5) is 12.1. The van der Waals surface area contributed by atoms with Crippen LogP contribution in [0.3, 0.4) is 0 Å². The van der Waals surface area contributed by atoms with Crippen molar-refractivity contribution in [3.05, 3.63) is 18.0 Å². The molecule has 1 saturated carbocycles. The number of nitrogens with zero attached hydrogens (tertiary/aromatic N) is 1. The molecule has 2 rings (SSSR count). The fourth-order valence-electron chi connectivity index (χ4n) is 2.53. The third kappa shape index (κ3) is 2.85. The largest absolute Gasteiger partial charge is 0.349 e. The number of hydrogen-bond acceptors (Lipinski definition) is 3. The van der Waals surface area contributed by atoms with Gasteiger partial charge in [-0.1, -0.05) is 19.8 Å². The monoisotopic (exact) mass is 236 g/mol. The molecule has 0 aromatic carbocycles. The minimum Gasteiger partial charge on any atom is -0.349 e. The highest BCUT2D eigenvalue weighted by Gasteiger charge is 2.37. The third-order valence-electron chi connectivity index (χ3n) is 3.48. The normalized spacial score (nSPS) is 28.9. The number of aromatic nitrogens is 2. The lowest BCUT2D eigenvalue weighted by molar-refractivity contribution is -0.128. The second-order valence-electron chi connectivity index (χ2n) is 5.12. The van der Waals surface area contributed by atoms with Gasteiger partial charge in [-0.15, -0.1) is 0 Å². The Labute approximate surface area is 101 Å². The number of H-pyrrole nitrogens is 1. The van der Waals surface area contributed by atoms with Crippen LogP contribution in [0.5, 0.6) is 0 Å². The molecule has 0 saturated heterocycles. The van der Waals surface area contributed by atoms with Crippen LogP contribution in [0.4, 0.5) is 0 Å². The van der Waals surface area contributed by atoms with E-state index in [0.717, 1.165) is 25.0 Å². The zero-order valence-electron chi connectivity index (χ0n) is 10.2. The van der Waals surface area contributed by atoms with Gasteiger partial charge in [0.2, 0.25) is 5.91 Å². The van der Waals surface area contributed by atoms with Crippen LogP contribution in [0, 0.1) is 5.92 Å². The van der Waals surface area contributed by atoms with Gasteiger partial charge in [0.05, 0.1) is 17.8 Å². The smallest absolute Gasteiger partial charge is 0.240 e. The molecule has 4 N–H and O–H groups in total. The first kappa shape index (κ1) is 12.1. The summed E-state index contributed by atoms with van der Waals surface area (Å²) in [6.45, 7) is 2.62. The lowest BCUT2D eigenvalue weighted by atomic mass is 9.76. The molecule has 94 valence electrons. The Bertz CT molecular complexity index is 376. The number of rotatable bonds is 3. The summed E-state index contributed by atoms with van der Waals surface area (Å²) in [6, 6.07) is 1.84. The highest BCUT2D eigenvalue weighted by Crippen LogP contribution is 2.30. The molecule has 1 heterocycles. The van der Waals surface area contributed by atoms with E-state index in [1.165, 1.54) is 6.42 Å². The molecule has 1 aromatic rings. The van der Waals surface area contributed by atoms with E-state index in [9.17, 15) is 4.79 Å². The maximum atomic E-state index is 12.1. The van der Waals surface area contributed by atoms with Crippen molar-refractivity contribution >= 4 is 5.91 Å². The van der Waals surface area contributed by atoms with Crippen LogP contribution in [-0.4, -0.2) is 21.6 Å². The number of hydrogen-bond donors (Lipinski definition) is 3. The topological polar surface area (TPSA) is 83.8 Å². The van der Waals surface area contributed by atoms with Gasteiger partial charge in [0.15, 0.2) is 0 Å². The number of carbonyl (C=O) groups is 1. The lowest BCUT2D eigenvalue weighted by Crippen LogP contribution is -2.56. The van der Waals surface area contributed by atoms with Crippen LogP contribution in [0.25, 0.3) is 0 Å². The van der Waals surface area contributed by atoms with E-state index >= 15 is 0 Å².